The monoisotopic (exact) mass is 428 g/mol. The number of ether oxygens (including phenoxy) is 1. The van der Waals surface area contributed by atoms with Gasteiger partial charge >= 0.3 is 0 Å². The van der Waals surface area contributed by atoms with Gasteiger partial charge < -0.3 is 15.0 Å². The third-order valence-electron chi connectivity index (χ3n) is 5.74. The van der Waals surface area contributed by atoms with E-state index in [0.717, 1.165) is 60.4 Å². The molecule has 0 aliphatic carbocycles. The maximum atomic E-state index is 12.7. The molecule has 8 heteroatoms. The molecule has 30 heavy (non-hydrogen) atoms. The topological polar surface area (TPSA) is 73.0 Å². The number of carbonyl (C=O) groups excluding carboxylic acids is 1. The number of hydrogen-bond donors (Lipinski definition) is 2. The number of aryl methyl sites for hydroxylation is 2. The van der Waals surface area contributed by atoms with Crippen LogP contribution in [-0.2, 0) is 11.2 Å². The summed E-state index contributed by atoms with van der Waals surface area (Å²) in [5.74, 6) is -0.136. The van der Waals surface area contributed by atoms with Crippen LogP contribution in [-0.4, -0.2) is 59.9 Å². The second-order valence-electron chi connectivity index (χ2n) is 7.69. The molecule has 0 bridgehead atoms. The quantitative estimate of drug-likeness (QED) is 0.619. The minimum absolute atomic E-state index is 0.136. The summed E-state index contributed by atoms with van der Waals surface area (Å²) < 4.78 is 7.13. The lowest BCUT2D eigenvalue weighted by molar-refractivity contribution is -0.906. The highest BCUT2D eigenvalue weighted by molar-refractivity contribution is 6.31. The van der Waals surface area contributed by atoms with Crippen LogP contribution < -0.4 is 10.2 Å². The highest BCUT2D eigenvalue weighted by Crippen LogP contribution is 2.23. The van der Waals surface area contributed by atoms with E-state index in [1.54, 1.807) is 10.7 Å². The fraction of sp³-hybridized carbons (Fsp3) is 0.409. The molecule has 3 heterocycles. The summed E-state index contributed by atoms with van der Waals surface area (Å²) >= 11 is 6.34. The Labute approximate surface area is 181 Å². The smallest absolute Gasteiger partial charge is 0.256 e. The molecule has 0 saturated carbocycles. The molecule has 0 atom stereocenters. The summed E-state index contributed by atoms with van der Waals surface area (Å²) in [6.07, 6.45) is 2.27. The van der Waals surface area contributed by atoms with Gasteiger partial charge in [0.05, 0.1) is 32.5 Å². The first-order chi connectivity index (χ1) is 14.5. The standard InChI is InChI=1S/C22H26ClN5O2/c1-15-18(13-17-5-3-4-6-20(17)23)16(2)28-21(26-15)19(14-25-28)22(29)24-7-8-27-9-11-30-12-10-27/h3-6,14H,7-13H2,1-2H3,(H,24,29)/p+1. The number of hydrogen-bond acceptors (Lipinski definition) is 4. The Morgan fingerprint density at radius 1 is 1.27 bits per heavy atom. The summed E-state index contributed by atoms with van der Waals surface area (Å²) in [5.41, 5.74) is 5.05. The number of carbonyl (C=O) groups is 1. The molecule has 0 unspecified atom stereocenters. The van der Waals surface area contributed by atoms with Gasteiger partial charge in [-0.15, -0.1) is 0 Å². The van der Waals surface area contributed by atoms with Crippen molar-refractivity contribution >= 4 is 23.2 Å². The third-order valence-corrected chi connectivity index (χ3v) is 6.11. The molecule has 158 valence electrons. The molecular weight excluding hydrogens is 402 g/mol. The van der Waals surface area contributed by atoms with Gasteiger partial charge in [0.25, 0.3) is 5.91 Å². The maximum absolute atomic E-state index is 12.7. The second-order valence-corrected chi connectivity index (χ2v) is 8.10. The van der Waals surface area contributed by atoms with Crippen molar-refractivity contribution in [2.45, 2.75) is 20.3 Å². The summed E-state index contributed by atoms with van der Waals surface area (Å²) in [5, 5.41) is 8.19. The average molecular weight is 429 g/mol. The molecule has 1 amide bonds. The molecule has 2 aromatic heterocycles. The lowest BCUT2D eigenvalue weighted by atomic mass is 10.0. The number of amides is 1. The fourth-order valence-corrected chi connectivity index (χ4v) is 4.12. The van der Waals surface area contributed by atoms with E-state index < -0.39 is 0 Å². The number of aromatic nitrogens is 3. The lowest BCUT2D eigenvalue weighted by Gasteiger charge is -2.23. The number of rotatable bonds is 6. The SMILES string of the molecule is Cc1nc2c(C(=O)NCC[NH+]3CCOCC3)cnn2c(C)c1Cc1ccccc1Cl. The first-order valence-corrected chi connectivity index (χ1v) is 10.7. The number of nitrogens with zero attached hydrogens (tertiary/aromatic N) is 3. The molecule has 0 radical (unpaired) electrons. The Bertz CT molecular complexity index is 1060. The molecule has 0 spiro atoms. The van der Waals surface area contributed by atoms with E-state index >= 15 is 0 Å². The molecule has 7 nitrogen and oxygen atoms in total. The van der Waals surface area contributed by atoms with Crippen molar-refractivity contribution in [1.29, 1.82) is 0 Å². The Balaban J connectivity index is 1.51. The average Bonchev–Trinajstić information content (AvgIpc) is 3.17. The second kappa shape index (κ2) is 9.12. The van der Waals surface area contributed by atoms with Gasteiger partial charge in [0, 0.05) is 22.8 Å². The zero-order chi connectivity index (χ0) is 21.1. The lowest BCUT2D eigenvalue weighted by Crippen LogP contribution is -3.14. The summed E-state index contributed by atoms with van der Waals surface area (Å²) in [6.45, 7) is 9.03. The Morgan fingerprint density at radius 2 is 2.03 bits per heavy atom. The molecule has 2 N–H and O–H groups in total. The molecule has 1 aliphatic heterocycles. The normalized spacial score (nSPS) is 14.9. The first-order valence-electron chi connectivity index (χ1n) is 10.3. The molecule has 1 fully saturated rings. The number of nitrogens with one attached hydrogen (secondary N) is 2. The van der Waals surface area contributed by atoms with Crippen LogP contribution in [0.1, 0.15) is 32.9 Å². The molecule has 1 saturated heterocycles. The largest absolute Gasteiger partial charge is 0.370 e. The third kappa shape index (κ3) is 4.33. The van der Waals surface area contributed by atoms with Crippen LogP contribution in [0.15, 0.2) is 30.5 Å². The minimum atomic E-state index is -0.136. The number of quaternary nitrogens is 1. The number of fused-ring (bicyclic) bond motifs is 1. The molecule has 4 rings (SSSR count). The van der Waals surface area contributed by atoms with Gasteiger partial charge in [0.1, 0.15) is 18.7 Å². The maximum Gasteiger partial charge on any atom is 0.256 e. The Hall–Kier alpha value is -2.48. The van der Waals surface area contributed by atoms with E-state index in [-0.39, 0.29) is 5.91 Å². The van der Waals surface area contributed by atoms with Crippen molar-refractivity contribution in [3.8, 4) is 0 Å². The van der Waals surface area contributed by atoms with Crippen molar-refractivity contribution in [2.75, 3.05) is 39.4 Å². The fourth-order valence-electron chi connectivity index (χ4n) is 3.92. The predicted octanol–water partition coefficient (Wildman–Crippen LogP) is 1.24. The van der Waals surface area contributed by atoms with Crippen molar-refractivity contribution in [1.82, 2.24) is 19.9 Å². The number of benzene rings is 1. The van der Waals surface area contributed by atoms with Gasteiger partial charge in [0.2, 0.25) is 0 Å². The van der Waals surface area contributed by atoms with Crippen LogP contribution in [0.25, 0.3) is 5.65 Å². The van der Waals surface area contributed by atoms with Crippen molar-refractivity contribution in [3.63, 3.8) is 0 Å². The van der Waals surface area contributed by atoms with Crippen molar-refractivity contribution in [3.05, 3.63) is 63.6 Å². The van der Waals surface area contributed by atoms with E-state index in [0.29, 0.717) is 24.2 Å². The predicted molar refractivity (Wildman–Crippen MR) is 115 cm³/mol. The van der Waals surface area contributed by atoms with Crippen molar-refractivity contribution in [2.24, 2.45) is 0 Å². The van der Waals surface area contributed by atoms with Gasteiger partial charge in [-0.2, -0.15) is 5.10 Å². The van der Waals surface area contributed by atoms with Gasteiger partial charge in [-0.05, 0) is 31.0 Å². The van der Waals surface area contributed by atoms with Crippen LogP contribution >= 0.6 is 11.6 Å². The minimum Gasteiger partial charge on any atom is -0.370 e. The molecule has 3 aromatic rings. The van der Waals surface area contributed by atoms with Crippen LogP contribution in [0.2, 0.25) is 5.02 Å². The summed E-state index contributed by atoms with van der Waals surface area (Å²) in [7, 11) is 0. The van der Waals surface area contributed by atoms with Gasteiger partial charge in [-0.3, -0.25) is 4.79 Å². The summed E-state index contributed by atoms with van der Waals surface area (Å²) in [4.78, 5) is 18.9. The van der Waals surface area contributed by atoms with Crippen LogP contribution in [0.3, 0.4) is 0 Å². The summed E-state index contributed by atoms with van der Waals surface area (Å²) in [6, 6.07) is 7.81. The van der Waals surface area contributed by atoms with Gasteiger partial charge in [0.15, 0.2) is 5.65 Å². The zero-order valence-corrected chi connectivity index (χ0v) is 18.1. The highest BCUT2D eigenvalue weighted by Gasteiger charge is 2.20. The van der Waals surface area contributed by atoms with Crippen molar-refractivity contribution < 1.29 is 14.4 Å². The van der Waals surface area contributed by atoms with E-state index in [9.17, 15) is 4.79 Å². The van der Waals surface area contributed by atoms with E-state index in [1.165, 1.54) is 4.90 Å². The van der Waals surface area contributed by atoms with Crippen LogP contribution in [0.5, 0.6) is 0 Å². The Morgan fingerprint density at radius 3 is 2.80 bits per heavy atom. The van der Waals surface area contributed by atoms with E-state index in [2.05, 4.69) is 10.4 Å². The number of halogens is 1. The van der Waals surface area contributed by atoms with E-state index in [4.69, 9.17) is 21.3 Å². The van der Waals surface area contributed by atoms with Gasteiger partial charge in [-0.25, -0.2) is 9.50 Å². The number of morpholine rings is 1. The Kier molecular flexibility index (Phi) is 6.32. The first kappa shape index (κ1) is 20.8. The van der Waals surface area contributed by atoms with Crippen LogP contribution in [0, 0.1) is 13.8 Å². The molecular formula is C22H27ClN5O2+. The zero-order valence-electron chi connectivity index (χ0n) is 17.4. The highest BCUT2D eigenvalue weighted by atomic mass is 35.5. The van der Waals surface area contributed by atoms with Crippen LogP contribution in [0.4, 0.5) is 0 Å². The van der Waals surface area contributed by atoms with Gasteiger partial charge in [-0.1, -0.05) is 29.8 Å². The molecule has 1 aliphatic rings. The van der Waals surface area contributed by atoms with E-state index in [1.807, 2.05) is 38.1 Å². The molecule has 1 aromatic carbocycles.